The van der Waals surface area contributed by atoms with Crippen LogP contribution in [0.3, 0.4) is 0 Å². The second-order valence-corrected chi connectivity index (χ2v) is 3.87. The predicted molar refractivity (Wildman–Crippen MR) is 70.2 cm³/mol. The molecule has 0 spiro atoms. The van der Waals surface area contributed by atoms with Crippen LogP contribution in [0.25, 0.3) is 0 Å². The zero-order chi connectivity index (χ0) is 13.4. The molecular weight excluding hydrogens is 232 g/mol. The minimum atomic E-state index is 0.254. The normalized spacial score (nSPS) is 10.4. The summed E-state index contributed by atoms with van der Waals surface area (Å²) in [5.74, 6) is 1.54. The third-order valence-electron chi connectivity index (χ3n) is 2.61. The van der Waals surface area contributed by atoms with Crippen LogP contribution in [0, 0.1) is 13.8 Å². The molecule has 0 saturated carbocycles. The van der Waals surface area contributed by atoms with Crippen molar-refractivity contribution in [1.82, 2.24) is 0 Å². The lowest BCUT2D eigenvalue weighted by Crippen LogP contribution is -2.06. The monoisotopic (exact) mass is 254 g/mol. The minimum absolute atomic E-state index is 0.254. The maximum atomic E-state index is 5.56. The standard InChI is InChI=1S/C14H22O4/c1-5-15-9-17-13-7-11(3)12(4)14(8-13)18-10-16-6-2/h7-8H,5-6,9-10H2,1-4H3. The topological polar surface area (TPSA) is 36.9 Å². The van der Waals surface area contributed by atoms with Gasteiger partial charge in [-0.2, -0.15) is 0 Å². The number of aryl methyl sites for hydroxylation is 1. The van der Waals surface area contributed by atoms with Gasteiger partial charge in [0.15, 0.2) is 13.6 Å². The van der Waals surface area contributed by atoms with E-state index in [1.54, 1.807) is 0 Å². The first-order valence-electron chi connectivity index (χ1n) is 6.21. The Morgan fingerprint density at radius 3 is 2.11 bits per heavy atom. The van der Waals surface area contributed by atoms with E-state index in [0.29, 0.717) is 13.2 Å². The van der Waals surface area contributed by atoms with Crippen LogP contribution in [0.1, 0.15) is 25.0 Å². The highest BCUT2D eigenvalue weighted by Gasteiger charge is 2.06. The molecule has 0 saturated heterocycles. The summed E-state index contributed by atoms with van der Waals surface area (Å²) >= 11 is 0. The maximum Gasteiger partial charge on any atom is 0.189 e. The zero-order valence-electron chi connectivity index (χ0n) is 11.6. The highest BCUT2D eigenvalue weighted by Crippen LogP contribution is 2.27. The third-order valence-corrected chi connectivity index (χ3v) is 2.61. The van der Waals surface area contributed by atoms with Crippen molar-refractivity contribution < 1.29 is 18.9 Å². The maximum absolute atomic E-state index is 5.56. The summed E-state index contributed by atoms with van der Waals surface area (Å²) in [6, 6.07) is 3.84. The van der Waals surface area contributed by atoms with E-state index in [2.05, 4.69) is 0 Å². The first-order chi connectivity index (χ1) is 8.69. The van der Waals surface area contributed by atoms with E-state index < -0.39 is 0 Å². The Morgan fingerprint density at radius 2 is 1.50 bits per heavy atom. The van der Waals surface area contributed by atoms with Gasteiger partial charge < -0.3 is 18.9 Å². The molecule has 0 aromatic heterocycles. The molecule has 18 heavy (non-hydrogen) atoms. The van der Waals surface area contributed by atoms with Crippen molar-refractivity contribution >= 4 is 0 Å². The van der Waals surface area contributed by atoms with Gasteiger partial charge in [0.1, 0.15) is 11.5 Å². The largest absolute Gasteiger partial charge is 0.467 e. The van der Waals surface area contributed by atoms with Gasteiger partial charge in [-0.15, -0.1) is 0 Å². The summed E-state index contributed by atoms with van der Waals surface area (Å²) in [5.41, 5.74) is 2.22. The predicted octanol–water partition coefficient (Wildman–Crippen LogP) is 3.05. The van der Waals surface area contributed by atoms with Crippen molar-refractivity contribution in [1.29, 1.82) is 0 Å². The van der Waals surface area contributed by atoms with Crippen molar-refractivity contribution in [2.24, 2.45) is 0 Å². The van der Waals surface area contributed by atoms with Crippen LogP contribution >= 0.6 is 0 Å². The van der Waals surface area contributed by atoms with E-state index in [4.69, 9.17) is 18.9 Å². The van der Waals surface area contributed by atoms with Crippen LogP contribution in [0.5, 0.6) is 11.5 Å². The zero-order valence-corrected chi connectivity index (χ0v) is 11.6. The van der Waals surface area contributed by atoms with Gasteiger partial charge in [0.25, 0.3) is 0 Å². The fourth-order valence-electron chi connectivity index (χ4n) is 1.41. The Hall–Kier alpha value is -1.26. The van der Waals surface area contributed by atoms with Crippen LogP contribution in [-0.2, 0) is 9.47 Å². The molecule has 0 N–H and O–H groups in total. The number of benzene rings is 1. The average molecular weight is 254 g/mol. The van der Waals surface area contributed by atoms with Gasteiger partial charge in [-0.05, 0) is 44.9 Å². The lowest BCUT2D eigenvalue weighted by Gasteiger charge is -2.14. The molecule has 4 heteroatoms. The van der Waals surface area contributed by atoms with Gasteiger partial charge in [-0.1, -0.05) is 0 Å². The van der Waals surface area contributed by atoms with Crippen molar-refractivity contribution in [3.8, 4) is 11.5 Å². The first-order valence-corrected chi connectivity index (χ1v) is 6.21. The Bertz CT molecular complexity index is 363. The van der Waals surface area contributed by atoms with Gasteiger partial charge in [0.2, 0.25) is 0 Å². The number of rotatable bonds is 8. The van der Waals surface area contributed by atoms with Crippen LogP contribution in [0.4, 0.5) is 0 Å². The molecule has 0 fully saturated rings. The van der Waals surface area contributed by atoms with Gasteiger partial charge in [-0.3, -0.25) is 0 Å². The van der Waals surface area contributed by atoms with Gasteiger partial charge in [0.05, 0.1) is 0 Å². The van der Waals surface area contributed by atoms with E-state index in [0.717, 1.165) is 22.6 Å². The lowest BCUT2D eigenvalue weighted by molar-refractivity contribution is 0.0178. The second-order valence-electron chi connectivity index (χ2n) is 3.87. The molecule has 1 aromatic rings. The fourth-order valence-corrected chi connectivity index (χ4v) is 1.41. The first kappa shape index (κ1) is 14.8. The molecule has 0 radical (unpaired) electrons. The molecule has 0 bridgehead atoms. The molecule has 102 valence electrons. The summed E-state index contributed by atoms with van der Waals surface area (Å²) in [6.45, 7) is 9.69. The van der Waals surface area contributed by atoms with Crippen molar-refractivity contribution in [2.45, 2.75) is 27.7 Å². The summed E-state index contributed by atoms with van der Waals surface area (Å²) in [4.78, 5) is 0. The van der Waals surface area contributed by atoms with Crippen LogP contribution < -0.4 is 9.47 Å². The van der Waals surface area contributed by atoms with E-state index in [1.807, 2.05) is 39.8 Å². The number of hydrogen-bond donors (Lipinski definition) is 0. The molecule has 0 amide bonds. The Balaban J connectivity index is 2.69. The van der Waals surface area contributed by atoms with Gasteiger partial charge in [-0.25, -0.2) is 0 Å². The molecular formula is C14H22O4. The molecule has 0 atom stereocenters. The van der Waals surface area contributed by atoms with Gasteiger partial charge >= 0.3 is 0 Å². The highest BCUT2D eigenvalue weighted by molar-refractivity contribution is 5.45. The van der Waals surface area contributed by atoms with Crippen molar-refractivity contribution in [2.75, 3.05) is 26.8 Å². The van der Waals surface area contributed by atoms with Crippen LogP contribution in [-0.4, -0.2) is 26.8 Å². The number of ether oxygens (including phenoxy) is 4. The van der Waals surface area contributed by atoms with E-state index >= 15 is 0 Å². The molecule has 0 aliphatic heterocycles. The quantitative estimate of drug-likeness (QED) is 0.528. The summed E-state index contributed by atoms with van der Waals surface area (Å²) in [7, 11) is 0. The molecule has 0 unspecified atom stereocenters. The Kier molecular flexibility index (Phi) is 6.54. The van der Waals surface area contributed by atoms with E-state index in [-0.39, 0.29) is 13.6 Å². The molecule has 1 rings (SSSR count). The third kappa shape index (κ3) is 4.55. The molecule has 0 aliphatic rings. The van der Waals surface area contributed by atoms with Crippen LogP contribution in [0.15, 0.2) is 12.1 Å². The van der Waals surface area contributed by atoms with E-state index in [1.165, 1.54) is 0 Å². The number of hydrogen-bond acceptors (Lipinski definition) is 4. The van der Waals surface area contributed by atoms with Crippen molar-refractivity contribution in [3.63, 3.8) is 0 Å². The smallest absolute Gasteiger partial charge is 0.189 e. The SMILES string of the molecule is CCOCOc1cc(C)c(C)c(OCOCC)c1. The Labute approximate surface area is 109 Å². The molecule has 0 aliphatic carbocycles. The summed E-state index contributed by atoms with van der Waals surface area (Å²) < 4.78 is 21.4. The molecule has 0 heterocycles. The minimum Gasteiger partial charge on any atom is -0.467 e. The fraction of sp³-hybridized carbons (Fsp3) is 0.571. The Morgan fingerprint density at radius 1 is 0.889 bits per heavy atom. The van der Waals surface area contributed by atoms with E-state index in [9.17, 15) is 0 Å². The summed E-state index contributed by atoms with van der Waals surface area (Å²) in [5, 5.41) is 0. The average Bonchev–Trinajstić information content (AvgIpc) is 2.35. The highest BCUT2D eigenvalue weighted by atomic mass is 16.7. The van der Waals surface area contributed by atoms with Crippen molar-refractivity contribution in [3.05, 3.63) is 23.3 Å². The van der Waals surface area contributed by atoms with Crippen LogP contribution in [0.2, 0.25) is 0 Å². The van der Waals surface area contributed by atoms with Gasteiger partial charge in [0, 0.05) is 19.3 Å². The lowest BCUT2D eigenvalue weighted by atomic mass is 10.1. The molecule has 4 nitrogen and oxygen atoms in total. The molecule has 1 aromatic carbocycles. The summed E-state index contributed by atoms with van der Waals surface area (Å²) in [6.07, 6.45) is 0. The second kappa shape index (κ2) is 7.95.